The van der Waals surface area contributed by atoms with Crippen molar-refractivity contribution in [3.05, 3.63) is 34.6 Å². The third-order valence-electron chi connectivity index (χ3n) is 2.39. The van der Waals surface area contributed by atoms with E-state index in [1.165, 1.54) is 12.1 Å². The molecule has 0 fully saturated rings. The monoisotopic (exact) mass is 246 g/mol. The van der Waals surface area contributed by atoms with Crippen molar-refractivity contribution in [3.8, 4) is 0 Å². The van der Waals surface area contributed by atoms with Gasteiger partial charge in [0.1, 0.15) is 5.82 Å². The molecule has 0 aliphatic rings. The molecule has 0 aliphatic carbocycles. The van der Waals surface area contributed by atoms with Crippen LogP contribution in [0.4, 0.5) is 4.39 Å². The molecule has 1 unspecified atom stereocenters. The molecule has 0 heterocycles. The summed E-state index contributed by atoms with van der Waals surface area (Å²) in [5.74, 6) is 5.00. The fourth-order valence-corrected chi connectivity index (χ4v) is 1.62. The van der Waals surface area contributed by atoms with E-state index in [0.29, 0.717) is 6.61 Å². The molecule has 1 atom stereocenters. The number of rotatable bonds is 6. The van der Waals surface area contributed by atoms with Crippen molar-refractivity contribution in [2.45, 2.75) is 18.9 Å². The number of halogens is 2. The quantitative estimate of drug-likeness (QED) is 0.460. The molecule has 0 aromatic heterocycles. The Labute approximate surface area is 99.7 Å². The van der Waals surface area contributed by atoms with E-state index in [0.717, 1.165) is 18.4 Å². The van der Waals surface area contributed by atoms with Gasteiger partial charge >= 0.3 is 0 Å². The highest BCUT2D eigenvalue weighted by atomic mass is 35.5. The summed E-state index contributed by atoms with van der Waals surface area (Å²) in [7, 11) is 1.65. The maximum atomic E-state index is 13.2. The first-order valence-corrected chi connectivity index (χ1v) is 5.47. The molecule has 0 bridgehead atoms. The lowest BCUT2D eigenvalue weighted by Gasteiger charge is -2.16. The van der Waals surface area contributed by atoms with Gasteiger partial charge in [-0.25, -0.2) is 4.39 Å². The summed E-state index contributed by atoms with van der Waals surface area (Å²) in [5, 5.41) is 0.122. The Balaban J connectivity index is 2.67. The van der Waals surface area contributed by atoms with Crippen LogP contribution in [-0.2, 0) is 4.74 Å². The molecule has 3 N–H and O–H groups in total. The second kappa shape index (κ2) is 6.81. The van der Waals surface area contributed by atoms with Gasteiger partial charge in [-0.1, -0.05) is 17.7 Å². The molecule has 0 aliphatic heterocycles. The molecule has 1 aromatic carbocycles. The number of hydrogen-bond donors (Lipinski definition) is 2. The van der Waals surface area contributed by atoms with Gasteiger partial charge in [0.25, 0.3) is 0 Å². The molecule has 1 rings (SSSR count). The van der Waals surface area contributed by atoms with Gasteiger partial charge in [-0.2, -0.15) is 0 Å². The van der Waals surface area contributed by atoms with Crippen LogP contribution in [-0.4, -0.2) is 13.7 Å². The number of ether oxygens (including phenoxy) is 1. The number of nitrogens with one attached hydrogen (secondary N) is 1. The number of benzene rings is 1. The van der Waals surface area contributed by atoms with E-state index in [1.807, 2.05) is 0 Å². The smallest absolute Gasteiger partial charge is 0.142 e. The SMILES string of the molecule is COCCCC(NN)c1ccc(Cl)c(F)c1. The van der Waals surface area contributed by atoms with E-state index in [4.69, 9.17) is 22.2 Å². The second-order valence-electron chi connectivity index (χ2n) is 3.53. The molecule has 3 nitrogen and oxygen atoms in total. The number of nitrogens with two attached hydrogens (primary N) is 1. The van der Waals surface area contributed by atoms with Gasteiger partial charge in [-0.3, -0.25) is 11.3 Å². The molecule has 16 heavy (non-hydrogen) atoms. The lowest BCUT2D eigenvalue weighted by molar-refractivity contribution is 0.189. The highest BCUT2D eigenvalue weighted by Gasteiger charge is 2.11. The Hall–Kier alpha value is -0.680. The maximum absolute atomic E-state index is 13.2. The van der Waals surface area contributed by atoms with Gasteiger partial charge in [0.15, 0.2) is 0 Å². The minimum Gasteiger partial charge on any atom is -0.385 e. The molecule has 0 amide bonds. The van der Waals surface area contributed by atoms with Crippen molar-refractivity contribution >= 4 is 11.6 Å². The Bertz CT molecular complexity index is 336. The first kappa shape index (κ1) is 13.4. The lowest BCUT2D eigenvalue weighted by Crippen LogP contribution is -2.28. The van der Waals surface area contributed by atoms with Gasteiger partial charge in [0.05, 0.1) is 5.02 Å². The normalized spacial score (nSPS) is 12.8. The van der Waals surface area contributed by atoms with Crippen molar-refractivity contribution in [1.29, 1.82) is 0 Å². The van der Waals surface area contributed by atoms with Gasteiger partial charge in [-0.05, 0) is 30.5 Å². The van der Waals surface area contributed by atoms with Crippen LogP contribution in [0.3, 0.4) is 0 Å². The summed E-state index contributed by atoms with van der Waals surface area (Å²) in [5.41, 5.74) is 3.45. The first-order valence-electron chi connectivity index (χ1n) is 5.09. The van der Waals surface area contributed by atoms with Crippen LogP contribution < -0.4 is 11.3 Å². The number of hydrogen-bond acceptors (Lipinski definition) is 3. The Morgan fingerprint density at radius 2 is 2.31 bits per heavy atom. The summed E-state index contributed by atoms with van der Waals surface area (Å²) < 4.78 is 18.2. The minimum absolute atomic E-state index is 0.0816. The van der Waals surface area contributed by atoms with Crippen molar-refractivity contribution in [3.63, 3.8) is 0 Å². The molecule has 0 saturated heterocycles. The fourth-order valence-electron chi connectivity index (χ4n) is 1.51. The van der Waals surface area contributed by atoms with Gasteiger partial charge in [0, 0.05) is 19.8 Å². The summed E-state index contributed by atoms with van der Waals surface area (Å²) in [6, 6.07) is 4.62. The predicted molar refractivity (Wildman–Crippen MR) is 62.6 cm³/mol. The molecule has 5 heteroatoms. The van der Waals surface area contributed by atoms with Crippen LogP contribution in [0.1, 0.15) is 24.4 Å². The van der Waals surface area contributed by atoms with E-state index in [2.05, 4.69) is 5.43 Å². The van der Waals surface area contributed by atoms with Gasteiger partial charge in [0.2, 0.25) is 0 Å². The molecular formula is C11H16ClFN2O. The van der Waals surface area contributed by atoms with Crippen molar-refractivity contribution in [2.24, 2.45) is 5.84 Å². The molecular weight excluding hydrogens is 231 g/mol. The third kappa shape index (κ3) is 3.72. The Morgan fingerprint density at radius 3 is 2.88 bits per heavy atom. The summed E-state index contributed by atoms with van der Waals surface area (Å²) in [4.78, 5) is 0. The molecule has 90 valence electrons. The zero-order valence-electron chi connectivity index (χ0n) is 9.17. The van der Waals surface area contributed by atoms with E-state index in [9.17, 15) is 4.39 Å². The average molecular weight is 247 g/mol. The Kier molecular flexibility index (Phi) is 5.69. The Morgan fingerprint density at radius 1 is 1.56 bits per heavy atom. The molecule has 0 saturated carbocycles. The van der Waals surface area contributed by atoms with E-state index >= 15 is 0 Å². The molecule has 1 aromatic rings. The van der Waals surface area contributed by atoms with Crippen LogP contribution in [0, 0.1) is 5.82 Å². The topological polar surface area (TPSA) is 47.3 Å². The highest BCUT2D eigenvalue weighted by Crippen LogP contribution is 2.22. The highest BCUT2D eigenvalue weighted by molar-refractivity contribution is 6.30. The summed E-state index contributed by atoms with van der Waals surface area (Å²) in [6.07, 6.45) is 1.64. The van der Waals surface area contributed by atoms with E-state index in [-0.39, 0.29) is 11.1 Å². The van der Waals surface area contributed by atoms with Crippen molar-refractivity contribution < 1.29 is 9.13 Å². The molecule has 0 radical (unpaired) electrons. The predicted octanol–water partition coefficient (Wildman–Crippen LogP) is 2.41. The van der Waals surface area contributed by atoms with Crippen LogP contribution in [0.15, 0.2) is 18.2 Å². The average Bonchev–Trinajstić information content (AvgIpc) is 2.29. The second-order valence-corrected chi connectivity index (χ2v) is 3.94. The van der Waals surface area contributed by atoms with Crippen LogP contribution in [0.25, 0.3) is 0 Å². The first-order chi connectivity index (χ1) is 7.69. The van der Waals surface area contributed by atoms with Gasteiger partial charge in [-0.15, -0.1) is 0 Å². The van der Waals surface area contributed by atoms with E-state index in [1.54, 1.807) is 13.2 Å². The number of methoxy groups -OCH3 is 1. The maximum Gasteiger partial charge on any atom is 0.142 e. The zero-order valence-corrected chi connectivity index (χ0v) is 9.93. The summed E-state index contributed by atoms with van der Waals surface area (Å²) >= 11 is 5.61. The van der Waals surface area contributed by atoms with Crippen molar-refractivity contribution in [2.75, 3.05) is 13.7 Å². The van der Waals surface area contributed by atoms with Crippen molar-refractivity contribution in [1.82, 2.24) is 5.43 Å². The van der Waals surface area contributed by atoms with E-state index < -0.39 is 5.82 Å². The summed E-state index contributed by atoms with van der Waals surface area (Å²) in [6.45, 7) is 0.661. The standard InChI is InChI=1S/C11H16ClFN2O/c1-16-6-2-3-11(15-14)8-4-5-9(12)10(13)7-8/h4-5,7,11,15H,2-3,6,14H2,1H3. The molecule has 0 spiro atoms. The minimum atomic E-state index is -0.425. The zero-order chi connectivity index (χ0) is 12.0. The number of hydrazine groups is 1. The fraction of sp³-hybridized carbons (Fsp3) is 0.455. The van der Waals surface area contributed by atoms with Crippen LogP contribution in [0.5, 0.6) is 0 Å². The largest absolute Gasteiger partial charge is 0.385 e. The third-order valence-corrected chi connectivity index (χ3v) is 2.69. The lowest BCUT2D eigenvalue weighted by atomic mass is 10.0. The van der Waals surface area contributed by atoms with Gasteiger partial charge < -0.3 is 4.74 Å². The van der Waals surface area contributed by atoms with Crippen LogP contribution >= 0.6 is 11.6 Å². The van der Waals surface area contributed by atoms with Crippen LogP contribution in [0.2, 0.25) is 5.02 Å².